The van der Waals surface area contributed by atoms with Crippen LogP contribution in [0.3, 0.4) is 0 Å². The van der Waals surface area contributed by atoms with Crippen molar-refractivity contribution < 1.29 is 9.59 Å². The molecular weight excluding hydrogens is 322 g/mol. The van der Waals surface area contributed by atoms with Gasteiger partial charge in [-0.3, -0.25) is 4.79 Å². The lowest BCUT2D eigenvalue weighted by atomic mass is 10.1. The standard InChI is InChI=1S/C18H23N3O2S/c1-14(11-16-7-10-24-13-16)21-18(23)20-9-8-19-17(22)12-15-5-3-2-4-6-15/h2-7,10,13-14H,8-9,11-12H2,1H3,(H,19,22)(H2,20,21,23). The summed E-state index contributed by atoms with van der Waals surface area (Å²) in [6.45, 7) is 2.79. The number of nitrogens with one attached hydrogen (secondary N) is 3. The Hall–Kier alpha value is -2.34. The number of amides is 3. The summed E-state index contributed by atoms with van der Waals surface area (Å²) < 4.78 is 0. The van der Waals surface area contributed by atoms with Crippen molar-refractivity contribution in [3.63, 3.8) is 0 Å². The summed E-state index contributed by atoms with van der Waals surface area (Å²) in [4.78, 5) is 23.6. The SMILES string of the molecule is CC(Cc1ccsc1)NC(=O)NCCNC(=O)Cc1ccccc1. The number of carbonyl (C=O) groups is 2. The molecule has 1 atom stereocenters. The first-order chi connectivity index (χ1) is 11.6. The Bertz CT molecular complexity index is 629. The summed E-state index contributed by atoms with van der Waals surface area (Å²) in [7, 11) is 0. The Morgan fingerprint density at radius 1 is 1.04 bits per heavy atom. The van der Waals surface area contributed by atoms with Crippen molar-refractivity contribution in [2.75, 3.05) is 13.1 Å². The van der Waals surface area contributed by atoms with Crippen molar-refractivity contribution in [3.05, 3.63) is 58.3 Å². The second-order valence-electron chi connectivity index (χ2n) is 5.65. The van der Waals surface area contributed by atoms with Gasteiger partial charge in [0.05, 0.1) is 6.42 Å². The molecule has 0 saturated carbocycles. The average molecular weight is 345 g/mol. The molecule has 128 valence electrons. The minimum absolute atomic E-state index is 0.0470. The molecule has 0 aliphatic heterocycles. The first kappa shape index (κ1) is 18.0. The molecule has 5 nitrogen and oxygen atoms in total. The van der Waals surface area contributed by atoms with Crippen molar-refractivity contribution in [2.45, 2.75) is 25.8 Å². The van der Waals surface area contributed by atoms with Crippen LogP contribution in [0.5, 0.6) is 0 Å². The zero-order chi connectivity index (χ0) is 17.2. The van der Waals surface area contributed by atoms with Gasteiger partial charge in [0, 0.05) is 19.1 Å². The summed E-state index contributed by atoms with van der Waals surface area (Å²) in [5.74, 6) is -0.0470. The number of benzene rings is 1. The van der Waals surface area contributed by atoms with Crippen LogP contribution < -0.4 is 16.0 Å². The summed E-state index contributed by atoms with van der Waals surface area (Å²) >= 11 is 1.65. The maximum Gasteiger partial charge on any atom is 0.315 e. The predicted octanol–water partition coefficient (Wildman–Crippen LogP) is 2.34. The van der Waals surface area contributed by atoms with Crippen LogP contribution in [-0.2, 0) is 17.6 Å². The lowest BCUT2D eigenvalue weighted by Crippen LogP contribution is -2.44. The molecule has 0 aliphatic rings. The van der Waals surface area contributed by atoms with Gasteiger partial charge in [0.1, 0.15) is 0 Å². The van der Waals surface area contributed by atoms with E-state index in [2.05, 4.69) is 27.4 Å². The molecule has 24 heavy (non-hydrogen) atoms. The molecular formula is C18H23N3O2S. The Labute approximate surface area is 146 Å². The van der Waals surface area contributed by atoms with E-state index in [0.29, 0.717) is 19.5 Å². The molecule has 0 spiro atoms. The zero-order valence-corrected chi connectivity index (χ0v) is 14.6. The molecule has 1 unspecified atom stereocenters. The summed E-state index contributed by atoms with van der Waals surface area (Å²) in [5, 5.41) is 12.5. The van der Waals surface area contributed by atoms with Gasteiger partial charge < -0.3 is 16.0 Å². The topological polar surface area (TPSA) is 70.2 Å². The highest BCUT2D eigenvalue weighted by Gasteiger charge is 2.08. The first-order valence-corrected chi connectivity index (χ1v) is 8.94. The summed E-state index contributed by atoms with van der Waals surface area (Å²) in [5.41, 5.74) is 2.20. The fourth-order valence-corrected chi connectivity index (χ4v) is 2.99. The van der Waals surface area contributed by atoms with E-state index in [1.54, 1.807) is 11.3 Å². The molecule has 2 aromatic rings. The third-order valence-corrected chi connectivity index (χ3v) is 4.17. The van der Waals surface area contributed by atoms with Gasteiger partial charge in [0.2, 0.25) is 5.91 Å². The fourth-order valence-electron chi connectivity index (χ4n) is 2.31. The second kappa shape index (κ2) is 9.72. The third-order valence-electron chi connectivity index (χ3n) is 3.44. The molecule has 1 heterocycles. The van der Waals surface area contributed by atoms with Crippen LogP contribution in [-0.4, -0.2) is 31.1 Å². The highest BCUT2D eigenvalue weighted by molar-refractivity contribution is 7.07. The van der Waals surface area contributed by atoms with Gasteiger partial charge in [0.25, 0.3) is 0 Å². The van der Waals surface area contributed by atoms with Crippen molar-refractivity contribution in [1.29, 1.82) is 0 Å². The number of rotatable bonds is 8. The van der Waals surface area contributed by atoms with Gasteiger partial charge in [-0.2, -0.15) is 11.3 Å². The van der Waals surface area contributed by atoms with Crippen LogP contribution in [0.1, 0.15) is 18.1 Å². The monoisotopic (exact) mass is 345 g/mol. The van der Waals surface area contributed by atoms with Gasteiger partial charge in [-0.1, -0.05) is 30.3 Å². The van der Waals surface area contributed by atoms with Crippen molar-refractivity contribution in [1.82, 2.24) is 16.0 Å². The molecule has 0 saturated heterocycles. The van der Waals surface area contributed by atoms with Gasteiger partial charge in [-0.05, 0) is 41.3 Å². The van der Waals surface area contributed by atoms with Gasteiger partial charge in [-0.25, -0.2) is 4.79 Å². The molecule has 0 bridgehead atoms. The number of hydrogen-bond acceptors (Lipinski definition) is 3. The zero-order valence-electron chi connectivity index (χ0n) is 13.7. The van der Waals surface area contributed by atoms with Crippen LogP contribution in [0, 0.1) is 0 Å². The van der Waals surface area contributed by atoms with Crippen LogP contribution in [0.25, 0.3) is 0 Å². The molecule has 0 radical (unpaired) electrons. The highest BCUT2D eigenvalue weighted by Crippen LogP contribution is 2.08. The normalized spacial score (nSPS) is 11.5. The second-order valence-corrected chi connectivity index (χ2v) is 6.43. The van der Waals surface area contributed by atoms with Crippen LogP contribution in [0.15, 0.2) is 47.2 Å². The van der Waals surface area contributed by atoms with E-state index in [4.69, 9.17) is 0 Å². The van der Waals surface area contributed by atoms with E-state index in [1.807, 2.05) is 42.6 Å². The van der Waals surface area contributed by atoms with Gasteiger partial charge in [-0.15, -0.1) is 0 Å². The van der Waals surface area contributed by atoms with E-state index < -0.39 is 0 Å². The summed E-state index contributed by atoms with van der Waals surface area (Å²) in [6, 6.07) is 11.5. The third kappa shape index (κ3) is 6.83. The molecule has 1 aromatic heterocycles. The lowest BCUT2D eigenvalue weighted by Gasteiger charge is -2.14. The molecule has 1 aromatic carbocycles. The minimum atomic E-state index is -0.213. The molecule has 2 rings (SSSR count). The number of carbonyl (C=O) groups excluding carboxylic acids is 2. The predicted molar refractivity (Wildman–Crippen MR) is 97.2 cm³/mol. The van der Waals surface area contributed by atoms with E-state index in [9.17, 15) is 9.59 Å². The van der Waals surface area contributed by atoms with Crippen molar-refractivity contribution in [2.24, 2.45) is 0 Å². The van der Waals surface area contributed by atoms with E-state index in [0.717, 1.165) is 12.0 Å². The number of hydrogen-bond donors (Lipinski definition) is 3. The first-order valence-electron chi connectivity index (χ1n) is 7.99. The van der Waals surface area contributed by atoms with Crippen LogP contribution in [0.4, 0.5) is 4.79 Å². The number of thiophene rings is 1. The molecule has 3 amide bonds. The van der Waals surface area contributed by atoms with Crippen LogP contribution >= 0.6 is 11.3 Å². The maximum absolute atomic E-state index is 11.8. The quantitative estimate of drug-likeness (QED) is 0.643. The van der Waals surface area contributed by atoms with Crippen molar-refractivity contribution in [3.8, 4) is 0 Å². The van der Waals surface area contributed by atoms with E-state index in [1.165, 1.54) is 5.56 Å². The van der Waals surface area contributed by atoms with Crippen LogP contribution in [0.2, 0.25) is 0 Å². The van der Waals surface area contributed by atoms with E-state index in [-0.39, 0.29) is 18.0 Å². The van der Waals surface area contributed by atoms with Gasteiger partial charge in [0.15, 0.2) is 0 Å². The minimum Gasteiger partial charge on any atom is -0.354 e. The number of urea groups is 1. The Balaban J connectivity index is 1.56. The molecule has 6 heteroatoms. The molecule has 0 aliphatic carbocycles. The Morgan fingerprint density at radius 2 is 1.79 bits per heavy atom. The highest BCUT2D eigenvalue weighted by atomic mass is 32.1. The summed E-state index contributed by atoms with van der Waals surface area (Å²) in [6.07, 6.45) is 1.16. The Morgan fingerprint density at radius 3 is 2.50 bits per heavy atom. The maximum atomic E-state index is 11.8. The molecule has 0 fully saturated rings. The van der Waals surface area contributed by atoms with Gasteiger partial charge >= 0.3 is 6.03 Å². The molecule has 3 N–H and O–H groups in total. The Kier molecular flexibility index (Phi) is 7.29. The lowest BCUT2D eigenvalue weighted by molar-refractivity contribution is -0.120. The average Bonchev–Trinajstić information content (AvgIpc) is 3.05. The van der Waals surface area contributed by atoms with E-state index >= 15 is 0 Å². The fraction of sp³-hybridized carbons (Fsp3) is 0.333. The smallest absolute Gasteiger partial charge is 0.315 e. The van der Waals surface area contributed by atoms with Crippen molar-refractivity contribution >= 4 is 23.3 Å². The largest absolute Gasteiger partial charge is 0.354 e.